The number of halogens is 1. The predicted octanol–water partition coefficient (Wildman–Crippen LogP) is 5.69. The Hall–Kier alpha value is -3.18. The van der Waals surface area contributed by atoms with E-state index in [0.717, 1.165) is 21.2 Å². The molecule has 1 atom stereocenters. The maximum atomic E-state index is 13.1. The molecule has 1 saturated heterocycles. The standard InChI is InChI=1S/C25H20BrNO3/c1-15-11-12-18(13-16(15)2)23(28)21-22(17-7-4-3-5-8-17)27(25(30)24(21)29)20-10-6-9-19(26)14-20/h3-14,22,28H,1-2H3/b23-21+. The van der Waals surface area contributed by atoms with Crippen LogP contribution < -0.4 is 4.90 Å². The van der Waals surface area contributed by atoms with E-state index in [1.54, 1.807) is 18.2 Å². The first-order chi connectivity index (χ1) is 14.4. The number of carbonyl (C=O) groups is 2. The number of carbonyl (C=O) groups excluding carboxylic acids is 2. The van der Waals surface area contributed by atoms with Crippen molar-refractivity contribution in [3.05, 3.63) is 105 Å². The van der Waals surface area contributed by atoms with Gasteiger partial charge in [0.05, 0.1) is 11.6 Å². The van der Waals surface area contributed by atoms with Crippen LogP contribution in [0.15, 0.2) is 82.8 Å². The Kier molecular flexibility index (Phi) is 5.31. The number of benzene rings is 3. The van der Waals surface area contributed by atoms with Gasteiger partial charge in [0.15, 0.2) is 0 Å². The van der Waals surface area contributed by atoms with Gasteiger partial charge in [-0.25, -0.2) is 0 Å². The number of aryl methyl sites for hydroxylation is 2. The summed E-state index contributed by atoms with van der Waals surface area (Å²) in [7, 11) is 0. The molecule has 0 bridgehead atoms. The molecule has 1 heterocycles. The molecular formula is C25H20BrNO3. The molecule has 1 unspecified atom stereocenters. The minimum Gasteiger partial charge on any atom is -0.507 e. The Morgan fingerprint density at radius 2 is 1.63 bits per heavy atom. The van der Waals surface area contributed by atoms with Crippen LogP contribution in [0.25, 0.3) is 5.76 Å². The van der Waals surface area contributed by atoms with E-state index >= 15 is 0 Å². The van der Waals surface area contributed by atoms with Crippen molar-refractivity contribution in [3.8, 4) is 0 Å². The van der Waals surface area contributed by atoms with E-state index in [4.69, 9.17) is 0 Å². The van der Waals surface area contributed by atoms with E-state index in [-0.39, 0.29) is 11.3 Å². The van der Waals surface area contributed by atoms with Gasteiger partial charge in [0.25, 0.3) is 11.7 Å². The largest absolute Gasteiger partial charge is 0.507 e. The highest BCUT2D eigenvalue weighted by Gasteiger charge is 2.46. The highest BCUT2D eigenvalue weighted by molar-refractivity contribution is 9.10. The van der Waals surface area contributed by atoms with Crippen molar-refractivity contribution in [1.29, 1.82) is 0 Å². The number of anilines is 1. The van der Waals surface area contributed by atoms with Crippen molar-refractivity contribution in [1.82, 2.24) is 0 Å². The highest BCUT2D eigenvalue weighted by atomic mass is 79.9. The Morgan fingerprint density at radius 1 is 0.900 bits per heavy atom. The minimum absolute atomic E-state index is 0.0921. The molecule has 1 fully saturated rings. The van der Waals surface area contributed by atoms with Crippen molar-refractivity contribution in [2.24, 2.45) is 0 Å². The van der Waals surface area contributed by atoms with E-state index in [9.17, 15) is 14.7 Å². The normalized spacial score (nSPS) is 18.1. The van der Waals surface area contributed by atoms with Crippen molar-refractivity contribution >= 4 is 39.1 Å². The van der Waals surface area contributed by atoms with Gasteiger partial charge in [-0.2, -0.15) is 0 Å². The third-order valence-corrected chi connectivity index (χ3v) is 5.92. The van der Waals surface area contributed by atoms with E-state index < -0.39 is 17.7 Å². The average Bonchev–Trinajstić information content (AvgIpc) is 3.01. The Bertz CT molecular complexity index is 1180. The molecule has 1 aliphatic rings. The van der Waals surface area contributed by atoms with Crippen LogP contribution in [-0.2, 0) is 9.59 Å². The Labute approximate surface area is 183 Å². The first kappa shape index (κ1) is 20.1. The van der Waals surface area contributed by atoms with Crippen LogP contribution in [0, 0.1) is 13.8 Å². The molecule has 5 heteroatoms. The minimum atomic E-state index is -0.720. The zero-order valence-electron chi connectivity index (χ0n) is 16.6. The molecule has 4 nitrogen and oxygen atoms in total. The smallest absolute Gasteiger partial charge is 0.300 e. The summed E-state index contributed by atoms with van der Waals surface area (Å²) in [6, 6.07) is 21.3. The van der Waals surface area contributed by atoms with Gasteiger partial charge < -0.3 is 5.11 Å². The Balaban J connectivity index is 1.95. The lowest BCUT2D eigenvalue weighted by atomic mass is 9.94. The summed E-state index contributed by atoms with van der Waals surface area (Å²) < 4.78 is 0.794. The molecule has 1 N–H and O–H groups in total. The topological polar surface area (TPSA) is 57.6 Å². The summed E-state index contributed by atoms with van der Waals surface area (Å²) in [5.74, 6) is -1.52. The van der Waals surface area contributed by atoms with Gasteiger partial charge in [-0.05, 0) is 54.8 Å². The van der Waals surface area contributed by atoms with E-state index in [1.165, 1.54) is 4.90 Å². The molecular weight excluding hydrogens is 442 g/mol. The molecule has 0 aromatic heterocycles. The van der Waals surface area contributed by atoms with Crippen LogP contribution >= 0.6 is 15.9 Å². The summed E-state index contributed by atoms with van der Waals surface area (Å²) in [6.07, 6.45) is 0. The molecule has 0 saturated carbocycles. The summed E-state index contributed by atoms with van der Waals surface area (Å²) in [5, 5.41) is 11.1. The second kappa shape index (κ2) is 7.92. The van der Waals surface area contributed by atoms with Gasteiger partial charge in [-0.1, -0.05) is 64.5 Å². The van der Waals surface area contributed by atoms with Crippen molar-refractivity contribution in [2.45, 2.75) is 19.9 Å². The van der Waals surface area contributed by atoms with Crippen LogP contribution in [0.3, 0.4) is 0 Å². The maximum Gasteiger partial charge on any atom is 0.300 e. The number of aliphatic hydroxyl groups is 1. The van der Waals surface area contributed by atoms with E-state index in [2.05, 4.69) is 15.9 Å². The fraction of sp³-hybridized carbons (Fsp3) is 0.120. The van der Waals surface area contributed by atoms with Gasteiger partial charge in [-0.15, -0.1) is 0 Å². The number of aliphatic hydroxyl groups excluding tert-OH is 1. The second-order valence-electron chi connectivity index (χ2n) is 7.36. The van der Waals surface area contributed by atoms with Gasteiger partial charge in [0.1, 0.15) is 5.76 Å². The molecule has 0 aliphatic carbocycles. The third kappa shape index (κ3) is 3.46. The Morgan fingerprint density at radius 3 is 2.30 bits per heavy atom. The first-order valence-electron chi connectivity index (χ1n) is 9.57. The predicted molar refractivity (Wildman–Crippen MR) is 121 cm³/mol. The summed E-state index contributed by atoms with van der Waals surface area (Å²) in [5.41, 5.74) is 4.03. The molecule has 3 aromatic rings. The summed E-state index contributed by atoms with van der Waals surface area (Å²) >= 11 is 3.43. The molecule has 150 valence electrons. The summed E-state index contributed by atoms with van der Waals surface area (Å²) in [4.78, 5) is 27.6. The zero-order valence-corrected chi connectivity index (χ0v) is 18.2. The van der Waals surface area contributed by atoms with Crippen molar-refractivity contribution in [3.63, 3.8) is 0 Å². The highest BCUT2D eigenvalue weighted by Crippen LogP contribution is 2.42. The number of hydrogen-bond donors (Lipinski definition) is 1. The fourth-order valence-electron chi connectivity index (χ4n) is 3.72. The lowest BCUT2D eigenvalue weighted by Crippen LogP contribution is -2.29. The van der Waals surface area contributed by atoms with E-state index in [0.29, 0.717) is 11.3 Å². The first-order valence-corrected chi connectivity index (χ1v) is 10.4. The van der Waals surface area contributed by atoms with Gasteiger partial charge in [-0.3, -0.25) is 14.5 Å². The molecule has 3 aromatic carbocycles. The zero-order chi connectivity index (χ0) is 21.4. The number of hydrogen-bond acceptors (Lipinski definition) is 3. The number of Topliss-reactive ketones (excluding diaryl/α,β-unsaturated/α-hetero) is 1. The van der Waals surface area contributed by atoms with E-state index in [1.807, 2.05) is 68.4 Å². The maximum absolute atomic E-state index is 13.1. The monoisotopic (exact) mass is 461 g/mol. The second-order valence-corrected chi connectivity index (χ2v) is 8.27. The van der Waals surface area contributed by atoms with Gasteiger partial charge in [0, 0.05) is 15.7 Å². The number of amides is 1. The van der Waals surface area contributed by atoms with Crippen LogP contribution in [-0.4, -0.2) is 16.8 Å². The molecule has 1 aliphatic heterocycles. The molecule has 0 radical (unpaired) electrons. The van der Waals surface area contributed by atoms with Crippen LogP contribution in [0.4, 0.5) is 5.69 Å². The van der Waals surface area contributed by atoms with Crippen LogP contribution in [0.2, 0.25) is 0 Å². The molecule has 30 heavy (non-hydrogen) atoms. The number of ketones is 1. The summed E-state index contributed by atoms with van der Waals surface area (Å²) in [6.45, 7) is 3.93. The quantitative estimate of drug-likeness (QED) is 0.309. The van der Waals surface area contributed by atoms with Crippen molar-refractivity contribution in [2.75, 3.05) is 4.90 Å². The van der Waals surface area contributed by atoms with Gasteiger partial charge in [0.2, 0.25) is 0 Å². The van der Waals surface area contributed by atoms with Gasteiger partial charge >= 0.3 is 0 Å². The number of rotatable bonds is 3. The lowest BCUT2D eigenvalue weighted by molar-refractivity contribution is -0.132. The molecule has 4 rings (SSSR count). The number of nitrogens with zero attached hydrogens (tertiary/aromatic N) is 1. The SMILES string of the molecule is Cc1ccc(/C(O)=C2\C(=O)C(=O)N(c3cccc(Br)c3)C2c2ccccc2)cc1C. The van der Waals surface area contributed by atoms with Crippen molar-refractivity contribution < 1.29 is 14.7 Å². The fourth-order valence-corrected chi connectivity index (χ4v) is 4.11. The molecule has 1 amide bonds. The average molecular weight is 462 g/mol. The van der Waals surface area contributed by atoms with Crippen LogP contribution in [0.5, 0.6) is 0 Å². The molecule has 0 spiro atoms. The van der Waals surface area contributed by atoms with Crippen LogP contribution in [0.1, 0.15) is 28.3 Å². The lowest BCUT2D eigenvalue weighted by Gasteiger charge is -2.25. The third-order valence-electron chi connectivity index (χ3n) is 5.43.